The molecule has 20 heavy (non-hydrogen) atoms. The summed E-state index contributed by atoms with van der Waals surface area (Å²) in [5.41, 5.74) is 4.99. The Morgan fingerprint density at radius 3 is 2.70 bits per heavy atom. The Bertz CT molecular complexity index is 372. The van der Waals surface area contributed by atoms with Crippen molar-refractivity contribution in [3.8, 4) is 0 Å². The summed E-state index contributed by atoms with van der Waals surface area (Å²) in [5, 5.41) is 15.2. The van der Waals surface area contributed by atoms with Gasteiger partial charge in [-0.2, -0.15) is 0 Å². The molecule has 1 amide bonds. The van der Waals surface area contributed by atoms with Gasteiger partial charge in [-0.1, -0.05) is 24.4 Å². The summed E-state index contributed by atoms with van der Waals surface area (Å²) in [6.45, 7) is 3.45. The average Bonchev–Trinajstić information content (AvgIpc) is 3.01. The summed E-state index contributed by atoms with van der Waals surface area (Å²) >= 11 is 0. The van der Waals surface area contributed by atoms with E-state index >= 15 is 0 Å². The molecule has 0 aromatic rings. The van der Waals surface area contributed by atoms with E-state index in [0.29, 0.717) is 25.4 Å². The van der Waals surface area contributed by atoms with Crippen LogP contribution in [0.5, 0.6) is 0 Å². The molecule has 0 radical (unpaired) electrons. The Kier molecular flexibility index (Phi) is 4.86. The number of nitrogens with zero attached hydrogens (tertiary/aromatic N) is 1. The average molecular weight is 283 g/mol. The van der Waals surface area contributed by atoms with Gasteiger partial charge in [-0.15, -0.1) is 0 Å². The Morgan fingerprint density at radius 1 is 1.45 bits per heavy atom. The van der Waals surface area contributed by atoms with E-state index in [1.807, 2.05) is 6.92 Å². The number of carbonyl (C=O) groups excluding carboxylic acids is 1. The van der Waals surface area contributed by atoms with Crippen LogP contribution < -0.4 is 11.1 Å². The second-order valence-electron chi connectivity index (χ2n) is 6.01. The fourth-order valence-corrected chi connectivity index (χ4v) is 3.26. The highest BCUT2D eigenvalue weighted by Crippen LogP contribution is 2.37. The van der Waals surface area contributed by atoms with Crippen LogP contribution in [-0.2, 0) is 9.53 Å². The molecule has 0 spiro atoms. The molecule has 2 unspecified atom stereocenters. The van der Waals surface area contributed by atoms with Crippen LogP contribution in [-0.4, -0.2) is 36.2 Å². The number of ether oxygens (including phenoxy) is 1. The van der Waals surface area contributed by atoms with E-state index in [0.717, 1.165) is 32.3 Å². The molecule has 1 aliphatic heterocycles. The quantitative estimate of drug-likeness (QED) is 0.313. The summed E-state index contributed by atoms with van der Waals surface area (Å²) in [6, 6.07) is 0.0512. The van der Waals surface area contributed by atoms with Gasteiger partial charge in [0.05, 0.1) is 6.61 Å². The predicted octanol–water partition coefficient (Wildman–Crippen LogP) is 1.22. The number of hydrogen-bond acceptors (Lipinski definition) is 4. The van der Waals surface area contributed by atoms with Crippen molar-refractivity contribution in [3.63, 3.8) is 0 Å². The van der Waals surface area contributed by atoms with Gasteiger partial charge in [0, 0.05) is 18.6 Å². The molecule has 114 valence electrons. The van der Waals surface area contributed by atoms with Crippen molar-refractivity contribution in [3.05, 3.63) is 0 Å². The van der Waals surface area contributed by atoms with Crippen molar-refractivity contribution < 1.29 is 14.7 Å². The summed E-state index contributed by atoms with van der Waals surface area (Å²) < 4.78 is 5.36. The minimum atomic E-state index is -0.833. The lowest BCUT2D eigenvalue weighted by Gasteiger charge is -2.36. The van der Waals surface area contributed by atoms with Gasteiger partial charge in [0.1, 0.15) is 5.41 Å². The molecule has 0 aromatic heterocycles. The minimum Gasteiger partial charge on any atom is -0.409 e. The fourth-order valence-electron chi connectivity index (χ4n) is 3.26. The number of nitrogens with two attached hydrogens (primary N) is 1. The number of rotatable bonds is 4. The first-order valence-electron chi connectivity index (χ1n) is 7.47. The zero-order valence-corrected chi connectivity index (χ0v) is 12.1. The molecular formula is C14H25N3O3. The molecule has 6 nitrogen and oxygen atoms in total. The molecule has 2 atom stereocenters. The molecule has 0 bridgehead atoms. The predicted molar refractivity (Wildman–Crippen MR) is 75.5 cm³/mol. The van der Waals surface area contributed by atoms with Crippen molar-refractivity contribution in [1.29, 1.82) is 0 Å². The molecule has 2 fully saturated rings. The monoisotopic (exact) mass is 283 g/mol. The lowest BCUT2D eigenvalue weighted by Crippen LogP contribution is -2.54. The van der Waals surface area contributed by atoms with Crippen LogP contribution in [0.25, 0.3) is 0 Å². The molecule has 2 rings (SSSR count). The second kappa shape index (κ2) is 6.43. The Hall–Kier alpha value is -1.30. The lowest BCUT2D eigenvalue weighted by atomic mass is 9.72. The largest absolute Gasteiger partial charge is 0.409 e. The van der Waals surface area contributed by atoms with Crippen LogP contribution in [0.1, 0.15) is 45.4 Å². The Morgan fingerprint density at radius 2 is 2.15 bits per heavy atom. The number of nitrogens with one attached hydrogen (secondary N) is 1. The van der Waals surface area contributed by atoms with Crippen molar-refractivity contribution in [1.82, 2.24) is 5.32 Å². The maximum absolute atomic E-state index is 12.7. The van der Waals surface area contributed by atoms with Gasteiger partial charge in [0.15, 0.2) is 5.84 Å². The van der Waals surface area contributed by atoms with Crippen molar-refractivity contribution in [2.45, 2.75) is 51.5 Å². The molecule has 1 saturated carbocycles. The zero-order valence-electron chi connectivity index (χ0n) is 12.1. The first-order valence-corrected chi connectivity index (χ1v) is 7.47. The van der Waals surface area contributed by atoms with E-state index in [1.54, 1.807) is 0 Å². The van der Waals surface area contributed by atoms with Crippen LogP contribution in [0.15, 0.2) is 5.16 Å². The summed E-state index contributed by atoms with van der Waals surface area (Å²) in [4.78, 5) is 12.7. The standard InChI is InChI=1S/C14H25N3O3/c1-10(11-5-8-20-9-11)16-13(18)14(12(15)17-19)6-3-2-4-7-14/h10-11,19H,2-9H2,1H3,(H2,15,17)(H,16,18). The molecule has 0 aromatic carbocycles. The number of hydrogen-bond donors (Lipinski definition) is 3. The van der Waals surface area contributed by atoms with Crippen LogP contribution >= 0.6 is 0 Å². The second-order valence-corrected chi connectivity index (χ2v) is 6.01. The number of carbonyl (C=O) groups is 1. The molecule has 6 heteroatoms. The molecule has 1 saturated heterocycles. The van der Waals surface area contributed by atoms with Crippen molar-refractivity contribution >= 4 is 11.7 Å². The van der Waals surface area contributed by atoms with Crippen LogP contribution in [0.2, 0.25) is 0 Å². The minimum absolute atomic E-state index is 0.0459. The highest BCUT2D eigenvalue weighted by atomic mass is 16.5. The topological polar surface area (TPSA) is 96.9 Å². The SMILES string of the molecule is CC(NC(=O)C1(C(N)=NO)CCCCC1)C1CCOC1. The summed E-state index contributed by atoms with van der Waals surface area (Å²) in [7, 11) is 0. The van der Waals surface area contributed by atoms with E-state index in [9.17, 15) is 4.79 Å². The van der Waals surface area contributed by atoms with Gasteiger partial charge >= 0.3 is 0 Å². The lowest BCUT2D eigenvalue weighted by molar-refractivity contribution is -0.130. The molecule has 2 aliphatic rings. The summed E-state index contributed by atoms with van der Waals surface area (Å²) in [5.74, 6) is 0.295. The van der Waals surface area contributed by atoms with Gasteiger partial charge in [0.25, 0.3) is 0 Å². The third-order valence-corrected chi connectivity index (χ3v) is 4.77. The molecule has 4 N–H and O–H groups in total. The normalized spacial score (nSPS) is 28.1. The van der Waals surface area contributed by atoms with Gasteiger partial charge in [-0.05, 0) is 26.2 Å². The van der Waals surface area contributed by atoms with E-state index < -0.39 is 5.41 Å². The van der Waals surface area contributed by atoms with Gasteiger partial charge < -0.3 is 21.0 Å². The first kappa shape index (κ1) is 15.1. The zero-order chi connectivity index (χ0) is 14.6. The van der Waals surface area contributed by atoms with Crippen LogP contribution in [0, 0.1) is 11.3 Å². The van der Waals surface area contributed by atoms with Crippen LogP contribution in [0.3, 0.4) is 0 Å². The summed E-state index contributed by atoms with van der Waals surface area (Å²) in [6.07, 6.45) is 5.25. The Labute approximate surface area is 119 Å². The highest BCUT2D eigenvalue weighted by Gasteiger charge is 2.44. The highest BCUT2D eigenvalue weighted by molar-refractivity contribution is 6.06. The maximum atomic E-state index is 12.7. The van der Waals surface area contributed by atoms with E-state index in [4.69, 9.17) is 15.7 Å². The number of amidine groups is 1. The van der Waals surface area contributed by atoms with E-state index in [-0.39, 0.29) is 17.8 Å². The Balaban J connectivity index is 2.06. The van der Waals surface area contributed by atoms with Gasteiger partial charge in [-0.3, -0.25) is 4.79 Å². The van der Waals surface area contributed by atoms with Crippen LogP contribution in [0.4, 0.5) is 0 Å². The number of oxime groups is 1. The fraction of sp³-hybridized carbons (Fsp3) is 0.857. The van der Waals surface area contributed by atoms with Crippen molar-refractivity contribution in [2.24, 2.45) is 22.2 Å². The van der Waals surface area contributed by atoms with E-state index in [2.05, 4.69) is 10.5 Å². The molecule has 1 aliphatic carbocycles. The first-order chi connectivity index (χ1) is 9.60. The van der Waals surface area contributed by atoms with E-state index in [1.165, 1.54) is 0 Å². The van der Waals surface area contributed by atoms with Gasteiger partial charge in [-0.25, -0.2) is 0 Å². The number of amides is 1. The smallest absolute Gasteiger partial charge is 0.234 e. The maximum Gasteiger partial charge on any atom is 0.234 e. The van der Waals surface area contributed by atoms with Gasteiger partial charge in [0.2, 0.25) is 5.91 Å². The molecule has 1 heterocycles. The molecular weight excluding hydrogens is 258 g/mol. The third-order valence-electron chi connectivity index (χ3n) is 4.77. The third kappa shape index (κ3) is 2.90. The van der Waals surface area contributed by atoms with Crippen molar-refractivity contribution in [2.75, 3.05) is 13.2 Å².